The molecule has 0 N–H and O–H groups in total. The van der Waals surface area contributed by atoms with E-state index in [0.29, 0.717) is 10.8 Å². The van der Waals surface area contributed by atoms with Crippen molar-refractivity contribution in [1.29, 1.82) is 0 Å². The fraction of sp³-hybridized carbons (Fsp3) is 0.867. The maximum atomic E-state index is 4.35. The predicted octanol–water partition coefficient (Wildman–Crippen LogP) is 8.47. The highest BCUT2D eigenvalue weighted by molar-refractivity contribution is 5.27. The fourth-order valence-corrected chi connectivity index (χ4v) is 8.92. The smallest absolute Gasteiger partial charge is 0.0391 e. The molecule has 0 aromatic rings. The highest BCUT2D eigenvalue weighted by Gasteiger charge is 2.59. The molecule has 2 saturated carbocycles. The van der Waals surface area contributed by atoms with Crippen LogP contribution in [0, 0.1) is 46.3 Å². The first kappa shape index (κ1) is 23.4. The van der Waals surface area contributed by atoms with E-state index in [1.54, 1.807) is 5.57 Å². The number of likely N-dealkylation sites (tertiary alicyclic amines) is 1. The Labute approximate surface area is 194 Å². The second-order valence-corrected chi connectivity index (χ2v) is 12.9. The summed E-state index contributed by atoms with van der Waals surface area (Å²) in [6.07, 6.45) is 16.8. The lowest BCUT2D eigenvalue weighted by Crippen LogP contribution is -2.53. The van der Waals surface area contributed by atoms with E-state index in [9.17, 15) is 0 Å². The molecule has 3 aliphatic carbocycles. The third kappa shape index (κ3) is 4.06. The number of rotatable bonds is 7. The molecule has 1 nitrogen and oxygen atoms in total. The van der Waals surface area contributed by atoms with Crippen LogP contribution in [0.4, 0.5) is 0 Å². The van der Waals surface area contributed by atoms with Crippen molar-refractivity contribution in [3.8, 4) is 0 Å². The highest BCUT2D eigenvalue weighted by atomic mass is 15.1. The first-order chi connectivity index (χ1) is 14.7. The Morgan fingerprint density at radius 1 is 1.10 bits per heavy atom. The van der Waals surface area contributed by atoms with Gasteiger partial charge in [0.15, 0.2) is 0 Å². The molecule has 0 bridgehead atoms. The van der Waals surface area contributed by atoms with Crippen LogP contribution in [0.3, 0.4) is 0 Å². The lowest BCUT2D eigenvalue weighted by molar-refractivity contribution is -0.0535. The number of piperidine rings is 1. The van der Waals surface area contributed by atoms with Gasteiger partial charge in [-0.15, -0.1) is 0 Å². The summed E-state index contributed by atoms with van der Waals surface area (Å²) in [6.45, 7) is 21.7. The van der Waals surface area contributed by atoms with Crippen molar-refractivity contribution in [3.63, 3.8) is 0 Å². The molecule has 176 valence electrons. The summed E-state index contributed by atoms with van der Waals surface area (Å²) in [4.78, 5) is 2.57. The Morgan fingerprint density at radius 3 is 2.58 bits per heavy atom. The van der Waals surface area contributed by atoms with Crippen LogP contribution in [0.15, 0.2) is 23.9 Å². The van der Waals surface area contributed by atoms with E-state index in [1.165, 1.54) is 70.0 Å². The van der Waals surface area contributed by atoms with Gasteiger partial charge in [-0.3, -0.25) is 0 Å². The molecule has 0 aromatic heterocycles. The van der Waals surface area contributed by atoms with Gasteiger partial charge >= 0.3 is 0 Å². The first-order valence-electron chi connectivity index (χ1n) is 13.8. The summed E-state index contributed by atoms with van der Waals surface area (Å²) in [7, 11) is 0. The number of hydrogen-bond acceptors (Lipinski definition) is 1. The lowest BCUT2D eigenvalue weighted by Gasteiger charge is -2.59. The molecular formula is C30H51N. The molecule has 7 atom stereocenters. The van der Waals surface area contributed by atoms with Crippen molar-refractivity contribution >= 4 is 0 Å². The molecule has 1 saturated heterocycles. The average molecular weight is 426 g/mol. The highest BCUT2D eigenvalue weighted by Crippen LogP contribution is 2.66. The minimum Gasteiger partial charge on any atom is -0.371 e. The Morgan fingerprint density at radius 2 is 1.87 bits per heavy atom. The molecule has 0 amide bonds. The van der Waals surface area contributed by atoms with E-state index < -0.39 is 0 Å². The first-order valence-corrected chi connectivity index (χ1v) is 13.8. The minimum atomic E-state index is 0.454. The zero-order valence-electron chi connectivity index (χ0n) is 21.7. The van der Waals surface area contributed by atoms with Gasteiger partial charge in [0.2, 0.25) is 0 Å². The van der Waals surface area contributed by atoms with Crippen molar-refractivity contribution in [1.82, 2.24) is 4.90 Å². The van der Waals surface area contributed by atoms with Gasteiger partial charge in [0, 0.05) is 18.8 Å². The summed E-state index contributed by atoms with van der Waals surface area (Å²) in [5.74, 6) is 5.60. The van der Waals surface area contributed by atoms with E-state index in [1.807, 2.05) is 0 Å². The number of nitrogens with zero attached hydrogens (tertiary/aromatic N) is 1. The van der Waals surface area contributed by atoms with Crippen LogP contribution in [0.2, 0.25) is 0 Å². The van der Waals surface area contributed by atoms with Crippen molar-refractivity contribution in [2.75, 3.05) is 13.1 Å². The summed E-state index contributed by atoms with van der Waals surface area (Å²) in [5.41, 5.74) is 4.16. The quantitative estimate of drug-likeness (QED) is 0.370. The molecule has 1 heteroatoms. The average Bonchev–Trinajstić information content (AvgIpc) is 3.09. The van der Waals surface area contributed by atoms with Gasteiger partial charge in [-0.2, -0.15) is 0 Å². The van der Waals surface area contributed by atoms with Crippen LogP contribution in [0.1, 0.15) is 106 Å². The molecule has 1 aliphatic heterocycles. The Kier molecular flexibility index (Phi) is 6.73. The van der Waals surface area contributed by atoms with Gasteiger partial charge < -0.3 is 4.90 Å². The molecule has 4 rings (SSSR count). The Hall–Kier alpha value is -0.720. The standard InChI is InChI=1S/C30H51N/c1-8-23(5)31-19-18-29(6)24(20-31)12-13-25-27-15-14-26(22(4)11-9-10-21(2)3)30(27,7)17-16-28(25)29/h12,21-22,25-28H,5,8-11,13-20H2,1-4,6-7H3. The SMILES string of the molecule is C=C(CC)N1CCC2(C)C(=CCC3C2CCC2(C)C(C(C)CCCC(C)C)CCC32)C1. The second-order valence-electron chi connectivity index (χ2n) is 12.9. The summed E-state index contributed by atoms with van der Waals surface area (Å²) >= 11 is 0. The largest absolute Gasteiger partial charge is 0.371 e. The van der Waals surface area contributed by atoms with Gasteiger partial charge in [0.25, 0.3) is 0 Å². The van der Waals surface area contributed by atoms with Crippen LogP contribution in [0.25, 0.3) is 0 Å². The van der Waals surface area contributed by atoms with E-state index in [-0.39, 0.29) is 0 Å². The van der Waals surface area contributed by atoms with Crippen LogP contribution < -0.4 is 0 Å². The molecule has 0 spiro atoms. The molecule has 0 radical (unpaired) electrons. The number of hydrogen-bond donors (Lipinski definition) is 0. The van der Waals surface area contributed by atoms with Gasteiger partial charge in [-0.1, -0.05) is 73.5 Å². The molecule has 4 aliphatic rings. The zero-order chi connectivity index (χ0) is 22.4. The molecule has 31 heavy (non-hydrogen) atoms. The van der Waals surface area contributed by atoms with E-state index in [4.69, 9.17) is 0 Å². The normalized spacial score (nSPS) is 40.7. The minimum absolute atomic E-state index is 0.454. The van der Waals surface area contributed by atoms with Gasteiger partial charge in [0.1, 0.15) is 0 Å². The molecule has 1 heterocycles. The van der Waals surface area contributed by atoms with Crippen LogP contribution in [-0.4, -0.2) is 18.0 Å². The lowest BCUT2D eigenvalue weighted by atomic mass is 9.47. The third-order valence-corrected chi connectivity index (χ3v) is 10.9. The Bertz CT molecular complexity index is 689. The van der Waals surface area contributed by atoms with E-state index >= 15 is 0 Å². The second kappa shape index (κ2) is 8.90. The number of allylic oxidation sites excluding steroid dienone is 2. The summed E-state index contributed by atoms with van der Waals surface area (Å²) < 4.78 is 0. The van der Waals surface area contributed by atoms with Crippen LogP contribution >= 0.6 is 0 Å². The van der Waals surface area contributed by atoms with Gasteiger partial charge in [-0.05, 0) is 96.9 Å². The van der Waals surface area contributed by atoms with Crippen LogP contribution in [0.5, 0.6) is 0 Å². The van der Waals surface area contributed by atoms with Crippen molar-refractivity contribution in [3.05, 3.63) is 23.9 Å². The molecule has 7 unspecified atom stereocenters. The molecule has 0 aromatic carbocycles. The molecule has 3 fully saturated rings. The predicted molar refractivity (Wildman–Crippen MR) is 135 cm³/mol. The summed E-state index contributed by atoms with van der Waals surface area (Å²) in [6, 6.07) is 0. The fourth-order valence-electron chi connectivity index (χ4n) is 8.92. The monoisotopic (exact) mass is 425 g/mol. The van der Waals surface area contributed by atoms with E-state index in [0.717, 1.165) is 48.5 Å². The van der Waals surface area contributed by atoms with Crippen molar-refractivity contribution in [2.24, 2.45) is 46.3 Å². The maximum Gasteiger partial charge on any atom is 0.0391 e. The van der Waals surface area contributed by atoms with Gasteiger partial charge in [0.05, 0.1) is 0 Å². The summed E-state index contributed by atoms with van der Waals surface area (Å²) in [5, 5.41) is 0. The third-order valence-electron chi connectivity index (χ3n) is 10.9. The molecular weight excluding hydrogens is 374 g/mol. The Balaban J connectivity index is 1.48. The zero-order valence-corrected chi connectivity index (χ0v) is 21.7. The maximum absolute atomic E-state index is 4.35. The van der Waals surface area contributed by atoms with Crippen LogP contribution in [-0.2, 0) is 0 Å². The van der Waals surface area contributed by atoms with Gasteiger partial charge in [-0.25, -0.2) is 0 Å². The van der Waals surface area contributed by atoms with E-state index in [2.05, 4.69) is 59.1 Å². The van der Waals surface area contributed by atoms with Crippen molar-refractivity contribution in [2.45, 2.75) is 106 Å². The van der Waals surface area contributed by atoms with Crippen molar-refractivity contribution < 1.29 is 0 Å². The topological polar surface area (TPSA) is 3.24 Å². The number of fused-ring (bicyclic) bond motifs is 5.